The molecule has 27 heavy (non-hydrogen) atoms. The Morgan fingerprint density at radius 2 is 1.52 bits per heavy atom. The summed E-state index contributed by atoms with van der Waals surface area (Å²) in [4.78, 5) is 2.09. The molecule has 0 aliphatic heterocycles. The molecule has 0 aliphatic carbocycles. The van der Waals surface area contributed by atoms with Gasteiger partial charge in [-0.05, 0) is 48.0 Å². The van der Waals surface area contributed by atoms with Gasteiger partial charge < -0.3 is 9.84 Å². The van der Waals surface area contributed by atoms with Crippen LogP contribution in [0.25, 0.3) is 11.1 Å². The van der Waals surface area contributed by atoms with Gasteiger partial charge >= 0.3 is 0 Å². The molecule has 0 saturated heterocycles. The minimum absolute atomic E-state index is 0.273. The zero-order valence-corrected chi connectivity index (χ0v) is 17.0. The zero-order valence-electron chi connectivity index (χ0n) is 15.4. The third-order valence-corrected chi connectivity index (χ3v) is 4.82. The molecule has 0 spiro atoms. The Kier molecular flexibility index (Phi) is 7.04. The van der Waals surface area contributed by atoms with Crippen LogP contribution in [0.1, 0.15) is 5.56 Å². The fraction of sp³-hybridized carbons (Fsp3) is 0.217. The molecule has 1 N–H and O–H groups in total. The summed E-state index contributed by atoms with van der Waals surface area (Å²) >= 11 is 3.44. The number of hydrogen-bond acceptors (Lipinski definition) is 3. The summed E-state index contributed by atoms with van der Waals surface area (Å²) in [6, 6.07) is 26.4. The number of likely N-dealkylation sites (N-methyl/N-ethyl adjacent to an activating group) is 1. The van der Waals surface area contributed by atoms with Crippen molar-refractivity contribution in [1.29, 1.82) is 0 Å². The molecular weight excluding hydrogens is 402 g/mol. The molecule has 3 aromatic rings. The quantitative estimate of drug-likeness (QED) is 0.551. The third-order valence-electron chi connectivity index (χ3n) is 4.29. The second-order valence-electron chi connectivity index (χ2n) is 6.68. The topological polar surface area (TPSA) is 32.7 Å². The maximum Gasteiger partial charge on any atom is 0.119 e. The lowest BCUT2D eigenvalue weighted by molar-refractivity contribution is 0.0744. The molecule has 0 saturated carbocycles. The number of halogens is 1. The molecule has 4 heteroatoms. The molecule has 1 unspecified atom stereocenters. The fourth-order valence-electron chi connectivity index (χ4n) is 2.95. The van der Waals surface area contributed by atoms with Gasteiger partial charge in [0.15, 0.2) is 0 Å². The third kappa shape index (κ3) is 6.21. The van der Waals surface area contributed by atoms with Gasteiger partial charge in [-0.2, -0.15) is 0 Å². The SMILES string of the molecule is CN(Cc1ccc(Br)cc1)CC(O)COc1ccc(-c2ccccc2)cc1. The monoisotopic (exact) mass is 425 g/mol. The zero-order chi connectivity index (χ0) is 19.1. The van der Waals surface area contributed by atoms with Gasteiger partial charge in [0, 0.05) is 17.6 Å². The predicted molar refractivity (Wildman–Crippen MR) is 114 cm³/mol. The van der Waals surface area contributed by atoms with Crippen molar-refractivity contribution in [3.63, 3.8) is 0 Å². The number of nitrogens with zero attached hydrogens (tertiary/aromatic N) is 1. The first kappa shape index (κ1) is 19.6. The van der Waals surface area contributed by atoms with Crippen LogP contribution in [0, 0.1) is 0 Å². The Morgan fingerprint density at radius 3 is 2.19 bits per heavy atom. The highest BCUT2D eigenvalue weighted by atomic mass is 79.9. The minimum Gasteiger partial charge on any atom is -0.491 e. The first-order chi connectivity index (χ1) is 13.1. The summed E-state index contributed by atoms with van der Waals surface area (Å²) in [5, 5.41) is 10.3. The Bertz CT molecular complexity index is 819. The second-order valence-corrected chi connectivity index (χ2v) is 7.59. The number of ether oxygens (including phenoxy) is 1. The summed E-state index contributed by atoms with van der Waals surface area (Å²) in [5.74, 6) is 0.768. The van der Waals surface area contributed by atoms with E-state index >= 15 is 0 Å². The molecule has 0 fully saturated rings. The van der Waals surface area contributed by atoms with Crippen LogP contribution in [0.5, 0.6) is 5.75 Å². The number of aliphatic hydroxyl groups is 1. The number of benzene rings is 3. The van der Waals surface area contributed by atoms with E-state index in [0.717, 1.165) is 22.3 Å². The Hall–Kier alpha value is -2.14. The van der Waals surface area contributed by atoms with Crippen LogP contribution in [-0.4, -0.2) is 36.3 Å². The Morgan fingerprint density at radius 1 is 0.889 bits per heavy atom. The highest BCUT2D eigenvalue weighted by Gasteiger charge is 2.10. The largest absolute Gasteiger partial charge is 0.491 e. The van der Waals surface area contributed by atoms with Crippen molar-refractivity contribution in [3.05, 3.63) is 88.9 Å². The van der Waals surface area contributed by atoms with E-state index in [1.807, 2.05) is 61.6 Å². The van der Waals surface area contributed by atoms with E-state index in [2.05, 4.69) is 45.1 Å². The molecule has 0 aliphatic rings. The molecule has 0 amide bonds. The Balaban J connectivity index is 1.45. The van der Waals surface area contributed by atoms with Crippen molar-refractivity contribution in [2.45, 2.75) is 12.6 Å². The van der Waals surface area contributed by atoms with E-state index in [9.17, 15) is 5.11 Å². The lowest BCUT2D eigenvalue weighted by Crippen LogP contribution is -2.32. The van der Waals surface area contributed by atoms with Gasteiger partial charge in [-0.25, -0.2) is 0 Å². The van der Waals surface area contributed by atoms with Crippen LogP contribution >= 0.6 is 15.9 Å². The van der Waals surface area contributed by atoms with Crippen molar-refractivity contribution in [1.82, 2.24) is 4.90 Å². The summed E-state index contributed by atoms with van der Waals surface area (Å²) in [6.45, 7) is 1.61. The highest BCUT2D eigenvalue weighted by Crippen LogP contribution is 2.22. The number of rotatable bonds is 8. The molecule has 140 valence electrons. The molecule has 3 aromatic carbocycles. The first-order valence-corrected chi connectivity index (χ1v) is 9.79. The van der Waals surface area contributed by atoms with Gasteiger partial charge in [0.25, 0.3) is 0 Å². The van der Waals surface area contributed by atoms with E-state index in [1.54, 1.807) is 0 Å². The standard InChI is InChI=1S/C23H24BrNO2/c1-25(15-18-7-11-21(24)12-8-18)16-22(26)17-27-23-13-9-20(10-14-23)19-5-3-2-4-6-19/h2-14,22,26H,15-17H2,1H3. The molecular formula is C23H24BrNO2. The van der Waals surface area contributed by atoms with Crippen LogP contribution in [-0.2, 0) is 6.54 Å². The smallest absolute Gasteiger partial charge is 0.119 e. The normalized spacial score (nSPS) is 12.1. The number of hydrogen-bond donors (Lipinski definition) is 1. The molecule has 0 aromatic heterocycles. The van der Waals surface area contributed by atoms with Gasteiger partial charge in [0.2, 0.25) is 0 Å². The molecule has 0 bridgehead atoms. The summed E-state index contributed by atoms with van der Waals surface area (Å²) in [6.07, 6.45) is -0.542. The van der Waals surface area contributed by atoms with Crippen LogP contribution in [0.4, 0.5) is 0 Å². The average Bonchev–Trinajstić information content (AvgIpc) is 2.69. The lowest BCUT2D eigenvalue weighted by Gasteiger charge is -2.21. The van der Waals surface area contributed by atoms with Crippen molar-refractivity contribution >= 4 is 15.9 Å². The molecule has 3 rings (SSSR count). The minimum atomic E-state index is -0.542. The van der Waals surface area contributed by atoms with Gasteiger partial charge in [0.1, 0.15) is 18.5 Å². The summed E-state index contributed by atoms with van der Waals surface area (Å²) in [5.41, 5.74) is 3.54. The highest BCUT2D eigenvalue weighted by molar-refractivity contribution is 9.10. The molecule has 0 heterocycles. The van der Waals surface area contributed by atoms with Crippen LogP contribution in [0.2, 0.25) is 0 Å². The van der Waals surface area contributed by atoms with Crippen molar-refractivity contribution in [2.75, 3.05) is 20.2 Å². The van der Waals surface area contributed by atoms with E-state index in [1.165, 1.54) is 11.1 Å². The molecule has 1 atom stereocenters. The molecule has 3 nitrogen and oxygen atoms in total. The van der Waals surface area contributed by atoms with Gasteiger partial charge in [-0.1, -0.05) is 70.5 Å². The van der Waals surface area contributed by atoms with Crippen LogP contribution in [0.15, 0.2) is 83.3 Å². The second kappa shape index (κ2) is 9.70. The van der Waals surface area contributed by atoms with Crippen molar-refractivity contribution < 1.29 is 9.84 Å². The van der Waals surface area contributed by atoms with E-state index in [4.69, 9.17) is 4.74 Å². The van der Waals surface area contributed by atoms with Gasteiger partial charge in [-0.15, -0.1) is 0 Å². The first-order valence-electron chi connectivity index (χ1n) is 8.99. The van der Waals surface area contributed by atoms with E-state index < -0.39 is 6.10 Å². The van der Waals surface area contributed by atoms with E-state index in [-0.39, 0.29) is 6.61 Å². The van der Waals surface area contributed by atoms with Crippen LogP contribution in [0.3, 0.4) is 0 Å². The van der Waals surface area contributed by atoms with Crippen molar-refractivity contribution in [3.8, 4) is 16.9 Å². The van der Waals surface area contributed by atoms with Crippen LogP contribution < -0.4 is 4.74 Å². The molecule has 0 radical (unpaired) electrons. The average molecular weight is 426 g/mol. The predicted octanol–water partition coefficient (Wildman–Crippen LogP) is 4.99. The maximum absolute atomic E-state index is 10.3. The van der Waals surface area contributed by atoms with Crippen molar-refractivity contribution in [2.24, 2.45) is 0 Å². The maximum atomic E-state index is 10.3. The summed E-state index contributed by atoms with van der Waals surface area (Å²) < 4.78 is 6.81. The summed E-state index contributed by atoms with van der Waals surface area (Å²) in [7, 11) is 2.00. The van der Waals surface area contributed by atoms with Gasteiger partial charge in [0.05, 0.1) is 0 Å². The van der Waals surface area contributed by atoms with Gasteiger partial charge in [-0.3, -0.25) is 4.90 Å². The lowest BCUT2D eigenvalue weighted by atomic mass is 10.1. The van der Waals surface area contributed by atoms with E-state index in [0.29, 0.717) is 6.54 Å². The number of aliphatic hydroxyl groups excluding tert-OH is 1. The Labute approximate surface area is 169 Å². The fourth-order valence-corrected chi connectivity index (χ4v) is 3.21.